The van der Waals surface area contributed by atoms with E-state index >= 15 is 0 Å². The number of esters is 1. The van der Waals surface area contributed by atoms with E-state index < -0.39 is 16.8 Å². The first-order valence-corrected chi connectivity index (χ1v) is 10.7. The van der Waals surface area contributed by atoms with E-state index in [0.29, 0.717) is 34.5 Å². The minimum Gasteiger partial charge on any atom is -0.463 e. The second kappa shape index (κ2) is 8.97. The van der Waals surface area contributed by atoms with Gasteiger partial charge in [0.1, 0.15) is 5.82 Å². The highest BCUT2D eigenvalue weighted by Gasteiger charge is 2.41. The smallest absolute Gasteiger partial charge is 0.336 e. The van der Waals surface area contributed by atoms with Crippen molar-refractivity contribution in [2.24, 2.45) is 0 Å². The highest BCUT2D eigenvalue weighted by atomic mass is 19.1. The Morgan fingerprint density at radius 3 is 2.36 bits per heavy atom. The van der Waals surface area contributed by atoms with Gasteiger partial charge in [0.15, 0.2) is 5.78 Å². The molecule has 2 aliphatic rings. The van der Waals surface area contributed by atoms with Gasteiger partial charge in [0, 0.05) is 41.4 Å². The van der Waals surface area contributed by atoms with Gasteiger partial charge in [-0.1, -0.05) is 24.3 Å². The second-order valence-electron chi connectivity index (χ2n) is 8.14. The predicted molar refractivity (Wildman–Crippen MR) is 119 cm³/mol. The van der Waals surface area contributed by atoms with Crippen molar-refractivity contribution in [3.63, 3.8) is 0 Å². The van der Waals surface area contributed by atoms with Crippen LogP contribution in [0.3, 0.4) is 0 Å². The molecule has 1 aliphatic heterocycles. The summed E-state index contributed by atoms with van der Waals surface area (Å²) >= 11 is 0. The average molecular weight is 450 g/mol. The van der Waals surface area contributed by atoms with Crippen molar-refractivity contribution in [2.45, 2.75) is 38.5 Å². The molecule has 0 bridgehead atoms. The molecule has 33 heavy (non-hydrogen) atoms. The zero-order chi connectivity index (χ0) is 23.7. The zero-order valence-electron chi connectivity index (χ0n) is 18.3. The molecular formula is C25H23FN2O5. The van der Waals surface area contributed by atoms with Gasteiger partial charge in [-0.3, -0.25) is 14.9 Å². The number of nitrogens with one attached hydrogen (secondary N) is 1. The number of benzene rings is 2. The standard InChI is InChI=1S/C25H23FN2O5/c1-3-33-25(30)22-14(2)27-20-12-17(15-4-8-18(26)9-5-15)13-21(29)24(20)23(22)16-6-10-19(11-7-16)28(31)32/h4-11,17,23,27H,3,12-13H2,1-2H3. The molecule has 4 rings (SSSR count). The Morgan fingerprint density at radius 1 is 1.12 bits per heavy atom. The van der Waals surface area contributed by atoms with Gasteiger partial charge >= 0.3 is 5.97 Å². The molecule has 0 amide bonds. The monoisotopic (exact) mass is 450 g/mol. The highest BCUT2D eigenvalue weighted by molar-refractivity contribution is 6.04. The fraction of sp³-hybridized carbons (Fsp3) is 0.280. The van der Waals surface area contributed by atoms with Crippen molar-refractivity contribution in [2.75, 3.05) is 6.61 Å². The molecule has 1 N–H and O–H groups in total. The number of Topliss-reactive ketones (excluding diaryl/α,β-unsaturated/α-hetero) is 1. The number of halogens is 1. The van der Waals surface area contributed by atoms with Gasteiger partial charge in [0.2, 0.25) is 0 Å². The van der Waals surface area contributed by atoms with E-state index in [1.54, 1.807) is 38.1 Å². The third-order valence-electron chi connectivity index (χ3n) is 6.10. The minimum absolute atomic E-state index is 0.0772. The topological polar surface area (TPSA) is 98.5 Å². The number of dihydropyridines is 1. The number of ether oxygens (including phenoxy) is 1. The molecule has 2 unspecified atom stereocenters. The lowest BCUT2D eigenvalue weighted by Gasteiger charge is -2.36. The van der Waals surface area contributed by atoms with Crippen LogP contribution in [0, 0.1) is 15.9 Å². The molecule has 1 heterocycles. The number of allylic oxidation sites excluding steroid dienone is 3. The first-order valence-electron chi connectivity index (χ1n) is 10.7. The Morgan fingerprint density at radius 2 is 1.76 bits per heavy atom. The van der Waals surface area contributed by atoms with Crippen molar-refractivity contribution in [3.05, 3.63) is 98.1 Å². The van der Waals surface area contributed by atoms with Gasteiger partial charge < -0.3 is 10.1 Å². The second-order valence-corrected chi connectivity index (χ2v) is 8.14. The van der Waals surface area contributed by atoms with Crippen molar-refractivity contribution < 1.29 is 23.6 Å². The number of ketones is 1. The van der Waals surface area contributed by atoms with Crippen molar-refractivity contribution in [1.29, 1.82) is 0 Å². The van der Waals surface area contributed by atoms with E-state index in [4.69, 9.17) is 4.74 Å². The third kappa shape index (κ3) is 4.28. The number of hydrogen-bond donors (Lipinski definition) is 1. The lowest BCUT2D eigenvalue weighted by Crippen LogP contribution is -2.36. The van der Waals surface area contributed by atoms with Crippen LogP contribution in [0.4, 0.5) is 10.1 Å². The molecule has 0 saturated heterocycles. The molecule has 0 fully saturated rings. The molecule has 1 aliphatic carbocycles. The maximum Gasteiger partial charge on any atom is 0.336 e. The first kappa shape index (κ1) is 22.4. The number of nitro benzene ring substituents is 1. The Kier molecular flexibility index (Phi) is 6.09. The summed E-state index contributed by atoms with van der Waals surface area (Å²) in [5.74, 6) is -1.82. The Bertz CT molecular complexity index is 1180. The largest absolute Gasteiger partial charge is 0.463 e. The number of rotatable bonds is 5. The van der Waals surface area contributed by atoms with Gasteiger partial charge in [0.25, 0.3) is 5.69 Å². The van der Waals surface area contributed by atoms with Crippen LogP contribution in [0.5, 0.6) is 0 Å². The normalized spacial score (nSPS) is 20.3. The molecule has 2 aromatic carbocycles. The average Bonchev–Trinajstić information content (AvgIpc) is 2.78. The molecule has 0 radical (unpaired) electrons. The lowest BCUT2D eigenvalue weighted by atomic mass is 9.71. The summed E-state index contributed by atoms with van der Waals surface area (Å²) in [4.78, 5) is 36.9. The molecule has 8 heteroatoms. The van der Waals surface area contributed by atoms with Crippen LogP contribution < -0.4 is 5.32 Å². The Hall–Kier alpha value is -3.81. The quantitative estimate of drug-likeness (QED) is 0.404. The van der Waals surface area contributed by atoms with E-state index in [0.717, 1.165) is 5.56 Å². The van der Waals surface area contributed by atoms with Gasteiger partial charge in [-0.15, -0.1) is 0 Å². The van der Waals surface area contributed by atoms with Crippen molar-refractivity contribution in [1.82, 2.24) is 5.32 Å². The van der Waals surface area contributed by atoms with E-state index in [9.17, 15) is 24.1 Å². The fourth-order valence-electron chi connectivity index (χ4n) is 4.61. The summed E-state index contributed by atoms with van der Waals surface area (Å²) in [5.41, 5.74) is 3.45. The van der Waals surface area contributed by atoms with Crippen LogP contribution in [0.2, 0.25) is 0 Å². The SMILES string of the molecule is CCOC(=O)C1=C(C)NC2=C(C(=O)CC(c3ccc(F)cc3)C2)C1c1ccc([N+](=O)[O-])cc1. The van der Waals surface area contributed by atoms with Gasteiger partial charge in [-0.05, 0) is 49.4 Å². The molecule has 7 nitrogen and oxygen atoms in total. The molecule has 2 atom stereocenters. The number of hydrogen-bond acceptors (Lipinski definition) is 6. The highest BCUT2D eigenvalue weighted by Crippen LogP contribution is 2.45. The van der Waals surface area contributed by atoms with Crippen molar-refractivity contribution in [3.8, 4) is 0 Å². The summed E-state index contributed by atoms with van der Waals surface area (Å²) in [6.07, 6.45) is 0.731. The molecular weight excluding hydrogens is 427 g/mol. The van der Waals surface area contributed by atoms with Crippen LogP contribution in [0.15, 0.2) is 71.1 Å². The van der Waals surface area contributed by atoms with E-state index in [2.05, 4.69) is 5.32 Å². The first-order chi connectivity index (χ1) is 15.8. The van der Waals surface area contributed by atoms with E-state index in [1.165, 1.54) is 24.3 Å². The minimum atomic E-state index is -0.692. The number of non-ortho nitro benzene ring substituents is 1. The van der Waals surface area contributed by atoms with Gasteiger partial charge in [-0.25, -0.2) is 9.18 Å². The van der Waals surface area contributed by atoms with E-state index in [-0.39, 0.29) is 36.2 Å². The van der Waals surface area contributed by atoms with Crippen LogP contribution in [-0.4, -0.2) is 23.3 Å². The van der Waals surface area contributed by atoms with Crippen LogP contribution >= 0.6 is 0 Å². The van der Waals surface area contributed by atoms with Crippen LogP contribution in [-0.2, 0) is 14.3 Å². The Balaban J connectivity index is 1.79. The number of nitrogens with zero attached hydrogens (tertiary/aromatic N) is 1. The molecule has 0 saturated carbocycles. The zero-order valence-corrected chi connectivity index (χ0v) is 18.3. The molecule has 0 spiro atoms. The predicted octanol–water partition coefficient (Wildman–Crippen LogP) is 4.66. The van der Waals surface area contributed by atoms with E-state index in [1.807, 2.05) is 0 Å². The third-order valence-corrected chi connectivity index (χ3v) is 6.10. The summed E-state index contributed by atoms with van der Waals surface area (Å²) in [7, 11) is 0. The fourth-order valence-corrected chi connectivity index (χ4v) is 4.61. The van der Waals surface area contributed by atoms with Gasteiger partial charge in [0.05, 0.1) is 17.1 Å². The lowest BCUT2D eigenvalue weighted by molar-refractivity contribution is -0.384. The molecule has 170 valence electrons. The van der Waals surface area contributed by atoms with Gasteiger partial charge in [-0.2, -0.15) is 0 Å². The maximum absolute atomic E-state index is 13.4. The summed E-state index contributed by atoms with van der Waals surface area (Å²) in [6.45, 7) is 3.63. The summed E-state index contributed by atoms with van der Waals surface area (Å²) in [6, 6.07) is 12.0. The number of carbonyl (C=O) groups is 2. The summed E-state index contributed by atoms with van der Waals surface area (Å²) < 4.78 is 18.6. The number of nitro groups is 1. The number of carbonyl (C=O) groups excluding carboxylic acids is 2. The molecule has 0 aromatic heterocycles. The van der Waals surface area contributed by atoms with Crippen LogP contribution in [0.25, 0.3) is 0 Å². The van der Waals surface area contributed by atoms with Crippen molar-refractivity contribution >= 4 is 17.4 Å². The maximum atomic E-state index is 13.4. The molecule has 2 aromatic rings. The Labute approximate surface area is 190 Å². The van der Waals surface area contributed by atoms with Crippen LogP contribution in [0.1, 0.15) is 49.7 Å². The summed E-state index contributed by atoms with van der Waals surface area (Å²) in [5, 5.41) is 14.3.